The Morgan fingerprint density at radius 2 is 2.00 bits per heavy atom. The number of anilines is 1. The van der Waals surface area contributed by atoms with E-state index in [1.165, 1.54) is 32.8 Å². The van der Waals surface area contributed by atoms with Crippen LogP contribution in [-0.2, 0) is 16.6 Å². The zero-order chi connectivity index (χ0) is 20.3. The molecule has 1 aromatic carbocycles. The van der Waals surface area contributed by atoms with Crippen LogP contribution in [-0.4, -0.2) is 37.0 Å². The summed E-state index contributed by atoms with van der Waals surface area (Å²) >= 11 is 10.1. The van der Waals surface area contributed by atoms with Crippen molar-refractivity contribution in [3.63, 3.8) is 0 Å². The van der Waals surface area contributed by atoms with Crippen molar-refractivity contribution in [3.8, 4) is 11.5 Å². The molecule has 2 heterocycles. The van der Waals surface area contributed by atoms with Gasteiger partial charge in [-0.15, -0.1) is 0 Å². The molecular formula is C16H14BrClN4O4S2. The van der Waals surface area contributed by atoms with Gasteiger partial charge in [-0.1, -0.05) is 11.6 Å². The molecule has 12 heteroatoms. The summed E-state index contributed by atoms with van der Waals surface area (Å²) in [5.41, 5.74) is 0.628. The van der Waals surface area contributed by atoms with E-state index in [4.69, 9.17) is 21.1 Å². The second-order valence-electron chi connectivity index (χ2n) is 5.36. The highest BCUT2D eigenvalue weighted by molar-refractivity contribution is 9.10. The van der Waals surface area contributed by atoms with Crippen molar-refractivity contribution in [2.24, 2.45) is 0 Å². The lowest BCUT2D eigenvalue weighted by Gasteiger charge is -2.22. The molecule has 0 bridgehead atoms. The summed E-state index contributed by atoms with van der Waals surface area (Å²) < 4.78 is 42.6. The fourth-order valence-corrected chi connectivity index (χ4v) is 5.05. The maximum absolute atomic E-state index is 13.3. The summed E-state index contributed by atoms with van der Waals surface area (Å²) in [5, 5.41) is 0.377. The summed E-state index contributed by atoms with van der Waals surface area (Å²) in [4.78, 5) is 7.94. The monoisotopic (exact) mass is 504 g/mol. The molecule has 3 rings (SSSR count). The Morgan fingerprint density at radius 3 is 2.61 bits per heavy atom. The number of benzene rings is 1. The number of methoxy groups -OCH3 is 2. The predicted octanol–water partition coefficient (Wildman–Crippen LogP) is 3.76. The minimum absolute atomic E-state index is 0.0229. The normalized spacial score (nSPS) is 11.3. The topological polar surface area (TPSA) is 94.5 Å². The molecule has 148 valence electrons. The zero-order valence-corrected chi connectivity index (χ0v) is 18.6. The first kappa shape index (κ1) is 20.8. The zero-order valence-electron chi connectivity index (χ0n) is 14.7. The molecule has 0 fully saturated rings. The number of nitrogens with zero attached hydrogens (tertiary/aromatic N) is 4. The fraction of sp³-hybridized carbons (Fsp3) is 0.188. The van der Waals surface area contributed by atoms with Gasteiger partial charge >= 0.3 is 0 Å². The van der Waals surface area contributed by atoms with Gasteiger partial charge in [0.05, 0.1) is 25.2 Å². The van der Waals surface area contributed by atoms with E-state index in [1.54, 1.807) is 18.2 Å². The minimum Gasteiger partial charge on any atom is -0.497 e. The van der Waals surface area contributed by atoms with Gasteiger partial charge < -0.3 is 9.47 Å². The van der Waals surface area contributed by atoms with E-state index < -0.39 is 10.0 Å². The highest BCUT2D eigenvalue weighted by Gasteiger charge is 2.29. The maximum Gasteiger partial charge on any atom is 0.268 e. The Bertz CT molecular complexity index is 1080. The highest BCUT2D eigenvalue weighted by Crippen LogP contribution is 2.32. The number of ether oxygens (including phenoxy) is 2. The van der Waals surface area contributed by atoms with Gasteiger partial charge in [-0.25, -0.2) is 22.7 Å². The van der Waals surface area contributed by atoms with Crippen LogP contribution in [0.1, 0.15) is 5.56 Å². The van der Waals surface area contributed by atoms with E-state index in [0.717, 1.165) is 15.8 Å². The van der Waals surface area contributed by atoms with Gasteiger partial charge in [0.25, 0.3) is 10.0 Å². The lowest BCUT2D eigenvalue weighted by molar-refractivity contribution is 0.391. The Balaban J connectivity index is 2.07. The molecule has 0 radical (unpaired) electrons. The van der Waals surface area contributed by atoms with Gasteiger partial charge in [0, 0.05) is 29.4 Å². The third-order valence-electron chi connectivity index (χ3n) is 3.73. The Kier molecular flexibility index (Phi) is 6.38. The number of hydrogen-bond donors (Lipinski definition) is 0. The van der Waals surface area contributed by atoms with Crippen molar-refractivity contribution in [1.29, 1.82) is 0 Å². The molecule has 0 aliphatic heterocycles. The molecule has 8 nitrogen and oxygen atoms in total. The fourth-order valence-electron chi connectivity index (χ4n) is 2.34. The highest BCUT2D eigenvalue weighted by atomic mass is 79.9. The molecule has 28 heavy (non-hydrogen) atoms. The van der Waals surface area contributed by atoms with Crippen molar-refractivity contribution >= 4 is 54.2 Å². The average Bonchev–Trinajstić information content (AvgIpc) is 3.22. The van der Waals surface area contributed by atoms with E-state index in [0.29, 0.717) is 21.5 Å². The van der Waals surface area contributed by atoms with Crippen LogP contribution in [0, 0.1) is 0 Å². The molecule has 3 aromatic rings. The van der Waals surface area contributed by atoms with Crippen molar-refractivity contribution < 1.29 is 17.9 Å². The summed E-state index contributed by atoms with van der Waals surface area (Å²) in [7, 11) is -0.957. The predicted molar refractivity (Wildman–Crippen MR) is 110 cm³/mol. The van der Waals surface area contributed by atoms with Crippen LogP contribution in [0.25, 0.3) is 0 Å². The first-order valence-corrected chi connectivity index (χ1v) is 11.1. The number of hydrogen-bond acceptors (Lipinski definition) is 8. The van der Waals surface area contributed by atoms with Crippen LogP contribution in [0.5, 0.6) is 11.5 Å². The molecule has 0 N–H and O–H groups in total. The lowest BCUT2D eigenvalue weighted by Crippen LogP contribution is -2.30. The minimum atomic E-state index is -4.00. The van der Waals surface area contributed by atoms with Crippen LogP contribution < -0.4 is 13.8 Å². The number of sulfonamides is 1. The molecule has 0 aliphatic rings. The standard InChI is InChI=1S/C16H14BrClN4O4S2/c1-25-11-4-3-10(14(5-11)26-2)8-22(16-20-9-21-27-16)28(23,24)12-6-13(17)15(18)19-7-12/h3-7,9H,8H2,1-2H3. The summed E-state index contributed by atoms with van der Waals surface area (Å²) in [6.45, 7) is -0.0229. The third kappa shape index (κ3) is 4.22. The summed E-state index contributed by atoms with van der Waals surface area (Å²) in [5.74, 6) is 1.08. The number of pyridine rings is 1. The quantitative estimate of drug-likeness (QED) is 0.451. The van der Waals surface area contributed by atoms with Gasteiger partial charge in [0.15, 0.2) is 0 Å². The molecule has 0 unspecified atom stereocenters. The van der Waals surface area contributed by atoms with E-state index in [1.807, 2.05) is 0 Å². The number of rotatable bonds is 7. The average molecular weight is 506 g/mol. The number of aromatic nitrogens is 3. The van der Waals surface area contributed by atoms with Crippen LogP contribution in [0.3, 0.4) is 0 Å². The van der Waals surface area contributed by atoms with E-state index >= 15 is 0 Å². The van der Waals surface area contributed by atoms with Crippen molar-refractivity contribution in [2.75, 3.05) is 18.5 Å². The molecule has 0 atom stereocenters. The van der Waals surface area contributed by atoms with E-state index in [2.05, 4.69) is 30.3 Å². The van der Waals surface area contributed by atoms with E-state index in [9.17, 15) is 8.42 Å². The van der Waals surface area contributed by atoms with Crippen LogP contribution in [0.15, 0.2) is 46.2 Å². The molecule has 0 aliphatic carbocycles. The van der Waals surface area contributed by atoms with Crippen molar-refractivity contribution in [1.82, 2.24) is 14.3 Å². The largest absolute Gasteiger partial charge is 0.497 e. The van der Waals surface area contributed by atoms with Gasteiger partial charge in [0.2, 0.25) is 5.13 Å². The lowest BCUT2D eigenvalue weighted by atomic mass is 10.2. The second-order valence-corrected chi connectivity index (χ2v) is 9.19. The Hall–Kier alpha value is -1.95. The van der Waals surface area contributed by atoms with E-state index in [-0.39, 0.29) is 21.7 Å². The SMILES string of the molecule is COc1ccc(CN(c2ncns2)S(=O)(=O)c2cnc(Cl)c(Br)c2)c(OC)c1. The first-order chi connectivity index (χ1) is 13.4. The summed E-state index contributed by atoms with van der Waals surface area (Å²) in [6.07, 6.45) is 2.49. The molecule has 0 saturated carbocycles. The van der Waals surface area contributed by atoms with Gasteiger partial charge in [0.1, 0.15) is 27.9 Å². The van der Waals surface area contributed by atoms with Gasteiger partial charge in [-0.3, -0.25) is 0 Å². The first-order valence-electron chi connectivity index (χ1n) is 7.68. The molecule has 0 saturated heterocycles. The third-order valence-corrected chi connectivity index (χ3v) is 7.37. The second kappa shape index (κ2) is 8.60. The van der Waals surface area contributed by atoms with Gasteiger partial charge in [-0.2, -0.15) is 4.37 Å². The Morgan fingerprint density at radius 1 is 1.21 bits per heavy atom. The smallest absolute Gasteiger partial charge is 0.268 e. The maximum atomic E-state index is 13.3. The molecular weight excluding hydrogens is 492 g/mol. The molecule has 2 aromatic heterocycles. The number of halogens is 2. The molecule has 0 spiro atoms. The summed E-state index contributed by atoms with van der Waals surface area (Å²) in [6, 6.07) is 6.53. The van der Waals surface area contributed by atoms with Crippen LogP contribution >= 0.6 is 39.1 Å². The van der Waals surface area contributed by atoms with Crippen molar-refractivity contribution in [2.45, 2.75) is 11.4 Å². The van der Waals surface area contributed by atoms with Crippen LogP contribution in [0.2, 0.25) is 5.15 Å². The van der Waals surface area contributed by atoms with Gasteiger partial charge in [-0.05, 0) is 34.1 Å². The van der Waals surface area contributed by atoms with Crippen molar-refractivity contribution in [3.05, 3.63) is 52.0 Å². The molecule has 0 amide bonds. The Labute approximate surface area is 179 Å². The van der Waals surface area contributed by atoms with Crippen LogP contribution in [0.4, 0.5) is 5.13 Å².